The molecule has 1 aliphatic heterocycles. The Labute approximate surface area is 93.0 Å². The fourth-order valence-electron chi connectivity index (χ4n) is 2.59. The molecule has 84 valence electrons. The van der Waals surface area contributed by atoms with E-state index in [0.717, 1.165) is 18.5 Å². The van der Waals surface area contributed by atoms with Crippen molar-refractivity contribution in [3.05, 3.63) is 24.3 Å². The van der Waals surface area contributed by atoms with Crippen LogP contribution < -0.4 is 0 Å². The van der Waals surface area contributed by atoms with Gasteiger partial charge in [-0.15, -0.1) is 0 Å². The molecule has 15 heavy (non-hydrogen) atoms. The maximum Gasteiger partial charge on any atom is 0.0877 e. The number of hydrogen-bond donors (Lipinski definition) is 0. The van der Waals surface area contributed by atoms with E-state index in [9.17, 15) is 4.57 Å². The first kappa shape index (κ1) is 11.2. The number of rotatable bonds is 5. The van der Waals surface area contributed by atoms with Crippen LogP contribution >= 0.6 is 7.14 Å². The Morgan fingerprint density at radius 1 is 1.07 bits per heavy atom. The Balaban J connectivity index is 1.60. The highest BCUT2D eigenvalue weighted by Gasteiger charge is 2.25. The Bertz CT molecular complexity index is 282. The van der Waals surface area contributed by atoms with Gasteiger partial charge in [-0.05, 0) is 31.6 Å². The number of allylic oxidation sites excluding steroid dienone is 4. The summed E-state index contributed by atoms with van der Waals surface area (Å²) in [7, 11) is -1.67. The molecule has 0 spiro atoms. The van der Waals surface area contributed by atoms with Gasteiger partial charge in [-0.2, -0.15) is 0 Å². The summed E-state index contributed by atoms with van der Waals surface area (Å²) in [4.78, 5) is 0. The predicted molar refractivity (Wildman–Crippen MR) is 67.1 cm³/mol. The second-order valence-electron chi connectivity index (χ2n) is 4.87. The van der Waals surface area contributed by atoms with Crippen LogP contribution in [-0.4, -0.2) is 18.5 Å². The molecule has 0 aromatic carbocycles. The van der Waals surface area contributed by atoms with E-state index in [1.807, 2.05) is 0 Å². The molecule has 1 aliphatic carbocycles. The average molecular weight is 224 g/mol. The Morgan fingerprint density at radius 2 is 1.73 bits per heavy atom. The lowest BCUT2D eigenvalue weighted by molar-refractivity contribution is 0.572. The van der Waals surface area contributed by atoms with Crippen LogP contribution in [0.4, 0.5) is 0 Å². The molecule has 1 saturated heterocycles. The quantitative estimate of drug-likeness (QED) is 0.508. The first-order valence-electron chi connectivity index (χ1n) is 6.21. The third-order valence-electron chi connectivity index (χ3n) is 3.56. The molecular formula is C13H21OP. The molecule has 0 unspecified atom stereocenters. The highest BCUT2D eigenvalue weighted by Crippen LogP contribution is 2.52. The van der Waals surface area contributed by atoms with Crippen LogP contribution in [0.3, 0.4) is 0 Å². The summed E-state index contributed by atoms with van der Waals surface area (Å²) in [6.07, 6.45) is 18.0. The van der Waals surface area contributed by atoms with Gasteiger partial charge in [0.2, 0.25) is 0 Å². The van der Waals surface area contributed by atoms with Crippen molar-refractivity contribution in [3.63, 3.8) is 0 Å². The van der Waals surface area contributed by atoms with Crippen molar-refractivity contribution in [2.24, 2.45) is 5.92 Å². The van der Waals surface area contributed by atoms with Crippen molar-refractivity contribution < 1.29 is 4.57 Å². The van der Waals surface area contributed by atoms with Crippen molar-refractivity contribution in [2.45, 2.75) is 32.1 Å². The van der Waals surface area contributed by atoms with Gasteiger partial charge in [0.1, 0.15) is 0 Å². The van der Waals surface area contributed by atoms with Crippen LogP contribution in [-0.2, 0) is 4.57 Å². The van der Waals surface area contributed by atoms with Crippen LogP contribution in [0.25, 0.3) is 0 Å². The Kier molecular flexibility index (Phi) is 3.86. The molecule has 2 aliphatic rings. The van der Waals surface area contributed by atoms with Gasteiger partial charge in [-0.1, -0.05) is 30.7 Å². The van der Waals surface area contributed by atoms with Gasteiger partial charge >= 0.3 is 0 Å². The zero-order valence-electron chi connectivity index (χ0n) is 9.40. The first-order valence-corrected chi connectivity index (χ1v) is 8.47. The lowest BCUT2D eigenvalue weighted by Crippen LogP contribution is -1.95. The zero-order chi connectivity index (χ0) is 10.6. The minimum absolute atomic E-state index is 0.662. The largest absolute Gasteiger partial charge is 0.324 e. The van der Waals surface area contributed by atoms with E-state index in [1.165, 1.54) is 32.1 Å². The average Bonchev–Trinajstić information content (AvgIpc) is 2.84. The normalized spacial score (nSPS) is 24.0. The van der Waals surface area contributed by atoms with Crippen molar-refractivity contribution >= 4 is 7.14 Å². The van der Waals surface area contributed by atoms with Crippen LogP contribution in [0.1, 0.15) is 32.1 Å². The van der Waals surface area contributed by atoms with E-state index < -0.39 is 7.14 Å². The van der Waals surface area contributed by atoms with Gasteiger partial charge in [-0.3, -0.25) is 0 Å². The van der Waals surface area contributed by atoms with Crippen LogP contribution in [0.15, 0.2) is 24.3 Å². The van der Waals surface area contributed by atoms with Gasteiger partial charge in [0.15, 0.2) is 0 Å². The lowest BCUT2D eigenvalue weighted by Gasteiger charge is -2.11. The third kappa shape index (κ3) is 3.34. The van der Waals surface area contributed by atoms with E-state index in [4.69, 9.17) is 0 Å². The van der Waals surface area contributed by atoms with E-state index in [1.54, 1.807) is 0 Å². The zero-order valence-corrected chi connectivity index (χ0v) is 10.3. The topological polar surface area (TPSA) is 17.1 Å². The molecule has 2 rings (SSSR count). The number of unbranched alkanes of at least 4 members (excludes halogenated alkanes) is 1. The van der Waals surface area contributed by atoms with Gasteiger partial charge in [0.05, 0.1) is 7.14 Å². The monoisotopic (exact) mass is 224 g/mol. The summed E-state index contributed by atoms with van der Waals surface area (Å²) in [6.45, 7) is 0. The van der Waals surface area contributed by atoms with E-state index >= 15 is 0 Å². The molecular weight excluding hydrogens is 203 g/mol. The molecule has 0 atom stereocenters. The lowest BCUT2D eigenvalue weighted by atomic mass is 10.0. The van der Waals surface area contributed by atoms with Gasteiger partial charge in [-0.25, -0.2) is 0 Å². The van der Waals surface area contributed by atoms with Crippen LogP contribution in [0.5, 0.6) is 0 Å². The summed E-state index contributed by atoms with van der Waals surface area (Å²) in [5.41, 5.74) is 0. The molecule has 1 heterocycles. The summed E-state index contributed by atoms with van der Waals surface area (Å²) < 4.78 is 12.2. The summed E-state index contributed by atoms with van der Waals surface area (Å²) in [5.74, 6) is 0.662. The van der Waals surface area contributed by atoms with Crippen molar-refractivity contribution in [1.82, 2.24) is 0 Å². The second kappa shape index (κ2) is 5.16. The SMILES string of the molecule is O=P1(CCCCC2C=CC=C2)CCCC1. The van der Waals surface area contributed by atoms with E-state index in [2.05, 4.69) is 24.3 Å². The Hall–Kier alpha value is -0.290. The number of hydrogen-bond acceptors (Lipinski definition) is 1. The van der Waals surface area contributed by atoms with Gasteiger partial charge < -0.3 is 4.57 Å². The molecule has 0 bridgehead atoms. The highest BCUT2D eigenvalue weighted by atomic mass is 31.2. The standard InChI is InChI=1S/C13H21OP/c14-15(11-5-6-12-15)10-4-3-9-13-7-1-2-8-13/h1-2,7-8,13H,3-6,9-12H2. The van der Waals surface area contributed by atoms with Crippen molar-refractivity contribution in [3.8, 4) is 0 Å². The molecule has 0 N–H and O–H groups in total. The van der Waals surface area contributed by atoms with E-state index in [0.29, 0.717) is 5.92 Å². The third-order valence-corrected chi connectivity index (χ3v) is 6.96. The van der Waals surface area contributed by atoms with Crippen molar-refractivity contribution in [2.75, 3.05) is 18.5 Å². The fourth-order valence-corrected chi connectivity index (χ4v) is 5.66. The van der Waals surface area contributed by atoms with Crippen LogP contribution in [0.2, 0.25) is 0 Å². The molecule has 0 aromatic heterocycles. The first-order chi connectivity index (χ1) is 7.29. The maximum absolute atomic E-state index is 12.2. The molecule has 1 nitrogen and oxygen atoms in total. The minimum atomic E-state index is -1.67. The molecule has 0 amide bonds. The van der Waals surface area contributed by atoms with Crippen molar-refractivity contribution in [1.29, 1.82) is 0 Å². The summed E-state index contributed by atoms with van der Waals surface area (Å²) in [5, 5.41) is 0. The molecule has 2 heteroatoms. The predicted octanol–water partition coefficient (Wildman–Crippen LogP) is 4.06. The molecule has 0 saturated carbocycles. The minimum Gasteiger partial charge on any atom is -0.324 e. The summed E-state index contributed by atoms with van der Waals surface area (Å²) in [6, 6.07) is 0. The Morgan fingerprint density at radius 3 is 2.40 bits per heavy atom. The second-order valence-corrected chi connectivity index (χ2v) is 8.32. The van der Waals surface area contributed by atoms with Crippen LogP contribution in [0, 0.1) is 5.92 Å². The fraction of sp³-hybridized carbons (Fsp3) is 0.692. The summed E-state index contributed by atoms with van der Waals surface area (Å²) >= 11 is 0. The van der Waals surface area contributed by atoms with Gasteiger partial charge in [0, 0.05) is 18.5 Å². The maximum atomic E-state index is 12.2. The molecule has 0 aromatic rings. The molecule has 1 fully saturated rings. The smallest absolute Gasteiger partial charge is 0.0877 e. The van der Waals surface area contributed by atoms with E-state index in [-0.39, 0.29) is 0 Å². The van der Waals surface area contributed by atoms with Gasteiger partial charge in [0.25, 0.3) is 0 Å². The highest BCUT2D eigenvalue weighted by molar-refractivity contribution is 7.64. The molecule has 0 radical (unpaired) electrons.